The average Bonchev–Trinajstić information content (AvgIpc) is 3.76. The van der Waals surface area contributed by atoms with Crippen molar-refractivity contribution in [2.24, 2.45) is 11.7 Å². The van der Waals surface area contributed by atoms with E-state index in [1.54, 1.807) is 17.3 Å². The normalized spacial score (nSPS) is 16.1. The van der Waals surface area contributed by atoms with Crippen LogP contribution in [0.25, 0.3) is 11.0 Å². The molecule has 2 amide bonds. The van der Waals surface area contributed by atoms with Crippen molar-refractivity contribution in [3.63, 3.8) is 0 Å². The van der Waals surface area contributed by atoms with Gasteiger partial charge in [-0.15, -0.1) is 0 Å². The van der Waals surface area contributed by atoms with Gasteiger partial charge in [0.25, 0.3) is 0 Å². The molecule has 2 aromatic heterocycles. The Labute approximate surface area is 283 Å². The number of nitrogens with zero attached hydrogens (tertiary/aromatic N) is 3. The number of β-amino-alcohol motifs (C(OH)–C–C–N with tert-alkyl or cyclic N) is 1. The highest BCUT2D eigenvalue weighted by molar-refractivity contribution is 5.77. The van der Waals surface area contributed by atoms with Crippen LogP contribution in [0.5, 0.6) is 0 Å². The number of primary amides is 1. The highest BCUT2D eigenvalue weighted by Crippen LogP contribution is 2.33. The van der Waals surface area contributed by atoms with Crippen molar-refractivity contribution >= 4 is 23.3 Å². The quantitative estimate of drug-likeness (QED) is 0.149. The topological polar surface area (TPSA) is 125 Å². The molecule has 0 spiro atoms. The molecule has 0 bridgehead atoms. The SMILES string of the molecule is CC(C)(c1cc2cnccc2o1)N1CCN(CC(O)C[C@@H](Cc2ccccc2)C(N)=O)CC1.O=CNCCF.c1ccc2c(c1)CCC2. The third-order valence-corrected chi connectivity index (χ3v) is 9.17. The van der Waals surface area contributed by atoms with Crippen molar-refractivity contribution in [2.75, 3.05) is 45.9 Å². The number of nitrogens with two attached hydrogens (primary N) is 1. The third-order valence-electron chi connectivity index (χ3n) is 9.17. The van der Waals surface area contributed by atoms with E-state index in [0.29, 0.717) is 25.8 Å². The highest BCUT2D eigenvalue weighted by atomic mass is 19.1. The number of pyridine rings is 1. The van der Waals surface area contributed by atoms with Crippen LogP contribution in [0.4, 0.5) is 4.39 Å². The number of aryl methyl sites for hydroxylation is 2. The van der Waals surface area contributed by atoms with Crippen LogP contribution in [-0.4, -0.2) is 84.3 Å². The summed E-state index contributed by atoms with van der Waals surface area (Å²) in [6.45, 7) is 8.00. The summed E-state index contributed by atoms with van der Waals surface area (Å²) in [7, 11) is 0. The van der Waals surface area contributed by atoms with E-state index in [2.05, 4.69) is 64.3 Å². The summed E-state index contributed by atoms with van der Waals surface area (Å²) in [5, 5.41) is 13.9. The number of piperazine rings is 1. The Kier molecular flexibility index (Phi) is 14.1. The number of alkyl halides is 1. The minimum Gasteiger partial charge on any atom is -0.459 e. The van der Waals surface area contributed by atoms with E-state index in [1.807, 2.05) is 42.6 Å². The molecule has 48 heavy (non-hydrogen) atoms. The maximum Gasteiger partial charge on any atom is 0.220 e. The Morgan fingerprint density at radius 2 is 1.73 bits per heavy atom. The molecule has 1 fully saturated rings. The van der Waals surface area contributed by atoms with Gasteiger partial charge in [-0.05, 0) is 74.8 Å². The predicted molar refractivity (Wildman–Crippen MR) is 187 cm³/mol. The molecule has 2 atom stereocenters. The maximum atomic E-state index is 12.0. The molecule has 0 saturated carbocycles. The van der Waals surface area contributed by atoms with Crippen LogP contribution in [0.15, 0.2) is 83.5 Å². The number of rotatable bonds is 12. The number of aromatic nitrogens is 1. The molecule has 6 rings (SSSR count). The van der Waals surface area contributed by atoms with Gasteiger partial charge in [-0.2, -0.15) is 0 Å². The fraction of sp³-hybridized carbons (Fsp3) is 0.447. The first-order valence-electron chi connectivity index (χ1n) is 16.8. The lowest BCUT2D eigenvalue weighted by molar-refractivity contribution is -0.123. The first-order chi connectivity index (χ1) is 23.2. The van der Waals surface area contributed by atoms with Crippen molar-refractivity contribution in [2.45, 2.75) is 57.6 Å². The minimum atomic E-state index is -0.589. The Morgan fingerprint density at radius 3 is 2.31 bits per heavy atom. The van der Waals surface area contributed by atoms with Gasteiger partial charge in [0.15, 0.2) is 0 Å². The van der Waals surface area contributed by atoms with Crippen molar-refractivity contribution in [3.05, 3.63) is 102 Å². The molecule has 4 N–H and O–H groups in total. The molecule has 3 heterocycles. The predicted octanol–water partition coefficient (Wildman–Crippen LogP) is 4.65. The van der Waals surface area contributed by atoms with Gasteiger partial charge in [0.2, 0.25) is 12.3 Å². The van der Waals surface area contributed by atoms with Crippen LogP contribution in [0.2, 0.25) is 0 Å². The van der Waals surface area contributed by atoms with Gasteiger partial charge in [0.1, 0.15) is 18.0 Å². The number of furan rings is 1. The van der Waals surface area contributed by atoms with E-state index in [4.69, 9.17) is 10.2 Å². The number of benzene rings is 2. The zero-order valence-electron chi connectivity index (χ0n) is 28.2. The largest absolute Gasteiger partial charge is 0.459 e. The molecule has 258 valence electrons. The molecule has 1 aliphatic heterocycles. The average molecular weight is 660 g/mol. The van der Waals surface area contributed by atoms with Gasteiger partial charge in [-0.3, -0.25) is 24.4 Å². The smallest absolute Gasteiger partial charge is 0.220 e. The fourth-order valence-corrected chi connectivity index (χ4v) is 6.36. The second-order valence-corrected chi connectivity index (χ2v) is 12.9. The van der Waals surface area contributed by atoms with E-state index in [0.717, 1.165) is 48.5 Å². The number of hydrogen-bond acceptors (Lipinski definition) is 7. The van der Waals surface area contributed by atoms with Crippen molar-refractivity contribution in [3.8, 4) is 0 Å². The van der Waals surface area contributed by atoms with Crippen molar-refractivity contribution in [1.29, 1.82) is 0 Å². The van der Waals surface area contributed by atoms with E-state index in [1.165, 1.54) is 19.3 Å². The summed E-state index contributed by atoms with van der Waals surface area (Å²) < 4.78 is 17.1. The number of fused-ring (bicyclic) bond motifs is 2. The summed E-state index contributed by atoms with van der Waals surface area (Å²) in [5.41, 5.74) is 10.4. The summed E-state index contributed by atoms with van der Waals surface area (Å²) >= 11 is 0. The third kappa shape index (κ3) is 10.7. The zero-order chi connectivity index (χ0) is 34.4. The van der Waals surface area contributed by atoms with Crippen molar-refractivity contribution in [1.82, 2.24) is 20.1 Å². The standard InChI is InChI=1S/C26H34N4O3.C9H10.C3H6FNO/c1-26(2,24-16-21-17-28-9-8-23(21)33-24)30-12-10-29(11-13-30)18-22(31)15-20(25(27)32)14-19-6-4-3-5-7-19;1-2-5-9-7-3-6-8(9)4-1;4-1-2-5-3-6/h3-9,16-17,20,22,31H,10-15,18H2,1-2H3,(H2,27,32);1-2,4-5H,3,6-7H2;3H,1-2H2,(H,5,6)/t20-,22?;;/m1../s1. The number of carbonyl (C=O) groups is 2. The van der Waals surface area contributed by atoms with Gasteiger partial charge in [0.05, 0.1) is 11.6 Å². The van der Waals surface area contributed by atoms with Gasteiger partial charge in [0, 0.05) is 63.0 Å². The van der Waals surface area contributed by atoms with Crippen LogP contribution in [0, 0.1) is 5.92 Å². The minimum absolute atomic E-state index is 0.128. The summed E-state index contributed by atoms with van der Waals surface area (Å²) in [6.07, 6.45) is 8.36. The Hall–Kier alpha value is -4.12. The van der Waals surface area contributed by atoms with E-state index in [-0.39, 0.29) is 23.9 Å². The number of aliphatic hydroxyl groups excluding tert-OH is 1. The van der Waals surface area contributed by atoms with E-state index >= 15 is 0 Å². The van der Waals surface area contributed by atoms with Crippen LogP contribution in [0.1, 0.15) is 49.1 Å². The first-order valence-corrected chi connectivity index (χ1v) is 16.8. The molecule has 2 aliphatic rings. The van der Waals surface area contributed by atoms with E-state index < -0.39 is 12.8 Å². The van der Waals surface area contributed by atoms with Gasteiger partial charge in [-0.25, -0.2) is 4.39 Å². The van der Waals surface area contributed by atoms with Gasteiger partial charge >= 0.3 is 0 Å². The first kappa shape index (κ1) is 36.7. The maximum absolute atomic E-state index is 12.0. The fourth-order valence-electron chi connectivity index (χ4n) is 6.36. The number of halogens is 1. The second kappa shape index (κ2) is 18.4. The summed E-state index contributed by atoms with van der Waals surface area (Å²) in [4.78, 5) is 30.1. The number of carbonyl (C=O) groups excluding carboxylic acids is 2. The number of hydrogen-bond donors (Lipinski definition) is 3. The molecular weight excluding hydrogens is 609 g/mol. The lowest BCUT2D eigenvalue weighted by Crippen LogP contribution is -2.54. The molecule has 4 aromatic rings. The lowest BCUT2D eigenvalue weighted by Gasteiger charge is -2.43. The molecule has 1 saturated heterocycles. The number of amides is 2. The molecule has 0 radical (unpaired) electrons. The highest BCUT2D eigenvalue weighted by Gasteiger charge is 2.35. The Morgan fingerprint density at radius 1 is 1.06 bits per heavy atom. The van der Waals surface area contributed by atoms with E-state index in [9.17, 15) is 19.1 Å². The summed E-state index contributed by atoms with van der Waals surface area (Å²) in [6, 6.07) is 22.5. The lowest BCUT2D eigenvalue weighted by atomic mass is 9.92. The molecular formula is C38H50FN5O4. The van der Waals surface area contributed by atoms with Crippen LogP contribution in [-0.2, 0) is 34.4 Å². The van der Waals surface area contributed by atoms with Crippen molar-refractivity contribution < 1.29 is 23.5 Å². The number of aliphatic hydroxyl groups is 1. The van der Waals surface area contributed by atoms with Crippen LogP contribution >= 0.6 is 0 Å². The molecule has 2 aromatic carbocycles. The van der Waals surface area contributed by atoms with Gasteiger partial charge in [-0.1, -0.05) is 54.6 Å². The molecule has 1 aliphatic carbocycles. The Balaban J connectivity index is 0.000000283. The Bertz CT molecular complexity index is 1500. The summed E-state index contributed by atoms with van der Waals surface area (Å²) in [5.74, 6) is 0.208. The zero-order valence-corrected chi connectivity index (χ0v) is 28.2. The second-order valence-electron chi connectivity index (χ2n) is 12.9. The van der Waals surface area contributed by atoms with Crippen LogP contribution in [0.3, 0.4) is 0 Å². The van der Waals surface area contributed by atoms with Crippen LogP contribution < -0.4 is 11.1 Å². The molecule has 1 unspecified atom stereocenters. The monoisotopic (exact) mass is 659 g/mol. The van der Waals surface area contributed by atoms with Gasteiger partial charge < -0.3 is 20.6 Å². The number of nitrogens with one attached hydrogen (secondary N) is 1. The molecule has 10 heteroatoms. The molecule has 9 nitrogen and oxygen atoms in total.